The first-order valence-electron chi connectivity index (χ1n) is 28.5. The second kappa shape index (κ2) is 19.6. The minimum absolute atomic E-state index is 0.0368. The van der Waals surface area contributed by atoms with E-state index in [9.17, 15) is 0 Å². The van der Waals surface area contributed by atoms with E-state index in [2.05, 4.69) is 319 Å². The van der Waals surface area contributed by atoms with Gasteiger partial charge in [0.25, 0.3) is 0 Å². The summed E-state index contributed by atoms with van der Waals surface area (Å²) >= 11 is 1.88. The first-order valence-corrected chi connectivity index (χ1v) is 29.3. The maximum Gasteiger partial charge on any atom is 0.0713 e. The number of rotatable bonds is 9. The van der Waals surface area contributed by atoms with Crippen LogP contribution in [-0.2, 0) is 16.2 Å². The highest BCUT2D eigenvalue weighted by molar-refractivity contribution is 7.26. The second-order valence-electron chi connectivity index (χ2n) is 24.0. The van der Waals surface area contributed by atoms with Crippen molar-refractivity contribution in [2.45, 2.75) is 57.8 Å². The van der Waals surface area contributed by atoms with E-state index < -0.39 is 5.41 Å². The Hall–Kier alpha value is -9.08. The van der Waals surface area contributed by atoms with Crippen molar-refractivity contribution in [3.63, 3.8) is 0 Å². The van der Waals surface area contributed by atoms with Gasteiger partial charge in [0.15, 0.2) is 0 Å². The molecule has 1 aromatic heterocycles. The highest BCUT2D eigenvalue weighted by Gasteiger charge is 2.46. The molecule has 390 valence electrons. The van der Waals surface area contributed by atoms with Crippen LogP contribution in [0.4, 0.5) is 17.1 Å². The van der Waals surface area contributed by atoms with E-state index in [1.807, 2.05) is 11.3 Å². The molecule has 1 aliphatic carbocycles. The summed E-state index contributed by atoms with van der Waals surface area (Å²) in [5, 5.41) is 5.02. The van der Waals surface area contributed by atoms with Crippen LogP contribution in [0.15, 0.2) is 273 Å². The Kier molecular flexibility index (Phi) is 12.2. The van der Waals surface area contributed by atoms with Gasteiger partial charge in [-0.25, -0.2) is 0 Å². The Morgan fingerprint density at radius 3 is 1.43 bits per heavy atom. The average Bonchev–Trinajstić information content (AvgIpc) is 3.57. The molecule has 0 fully saturated rings. The van der Waals surface area contributed by atoms with Crippen molar-refractivity contribution < 1.29 is 0 Å². The number of para-hydroxylation sites is 3. The third-order valence-corrected chi connectivity index (χ3v) is 18.3. The number of nitrogens with zero attached hydrogens (tertiary/aromatic N) is 1. The first kappa shape index (κ1) is 50.2. The lowest BCUT2D eigenvalue weighted by molar-refractivity contribution is 0.569. The van der Waals surface area contributed by atoms with E-state index in [0.29, 0.717) is 0 Å². The molecule has 0 atom stereocenters. The SMILES string of the molecule is CC(C)(C)c1cc(-c2cccc3cccc(-c4ccccc4N(c4ccccc4-c4ccc5c(c4)C(c4ccccc4)(c4ccccc4)c4ccccc4-5)c4ccccc4-c4cccc5c4sc4ccccc45)c23)cc(C(C)(C)C)c1. The average molecular weight is 1060 g/mol. The Balaban J connectivity index is 1.04. The van der Waals surface area contributed by atoms with Gasteiger partial charge in [-0.1, -0.05) is 284 Å². The number of fused-ring (bicyclic) bond motifs is 7. The van der Waals surface area contributed by atoms with E-state index in [-0.39, 0.29) is 10.8 Å². The van der Waals surface area contributed by atoms with Crippen molar-refractivity contribution in [3.05, 3.63) is 306 Å². The molecule has 0 bridgehead atoms. The second-order valence-corrected chi connectivity index (χ2v) is 25.0. The molecule has 14 rings (SSSR count). The standard InChI is InChI=1S/C79H63NS/c1-77(2,3)57-48-54(49-58(51-57)78(4,5)6)60-37-23-26-52-27-24-38-66(75(52)60)63-34-15-20-43-72(63)80(73-44-21-16-35-64(73)67-39-25-40-68-65-36-17-22-45-74(65)81-76(67)68)71-42-19-14-32-59(71)53-46-47-62-61-33-13-18-41-69(61)79(70(62)50-53,55-28-9-7-10-29-55)56-30-11-8-12-31-56/h7-51H,1-6H3. The van der Waals surface area contributed by atoms with Crippen LogP contribution >= 0.6 is 11.3 Å². The van der Waals surface area contributed by atoms with E-state index in [1.165, 1.54) is 103 Å². The summed E-state index contributed by atoms with van der Waals surface area (Å²) in [5.74, 6) is 0. The Morgan fingerprint density at radius 2 is 0.790 bits per heavy atom. The van der Waals surface area contributed by atoms with Gasteiger partial charge in [0.1, 0.15) is 0 Å². The zero-order valence-corrected chi connectivity index (χ0v) is 47.7. The summed E-state index contributed by atoms with van der Waals surface area (Å²) in [6.45, 7) is 14.0. The molecule has 1 nitrogen and oxygen atoms in total. The van der Waals surface area contributed by atoms with Gasteiger partial charge in [0.05, 0.1) is 22.5 Å². The van der Waals surface area contributed by atoms with E-state index in [1.54, 1.807) is 0 Å². The summed E-state index contributed by atoms with van der Waals surface area (Å²) in [7, 11) is 0. The maximum atomic E-state index is 2.58. The lowest BCUT2D eigenvalue weighted by atomic mass is 9.67. The Morgan fingerprint density at radius 1 is 0.321 bits per heavy atom. The molecule has 2 heteroatoms. The molecule has 0 saturated carbocycles. The molecule has 0 radical (unpaired) electrons. The summed E-state index contributed by atoms with van der Waals surface area (Å²) in [4.78, 5) is 2.58. The van der Waals surface area contributed by atoms with Gasteiger partial charge in [0, 0.05) is 42.4 Å². The van der Waals surface area contributed by atoms with Crippen molar-refractivity contribution >= 4 is 59.3 Å². The lowest BCUT2D eigenvalue weighted by Gasteiger charge is -2.34. The third kappa shape index (κ3) is 8.34. The predicted molar refractivity (Wildman–Crippen MR) is 348 cm³/mol. The number of anilines is 3. The number of thiophene rings is 1. The zero-order valence-electron chi connectivity index (χ0n) is 46.8. The highest BCUT2D eigenvalue weighted by Crippen LogP contribution is 2.58. The van der Waals surface area contributed by atoms with Gasteiger partial charge in [-0.2, -0.15) is 0 Å². The number of benzene rings is 12. The van der Waals surface area contributed by atoms with E-state index >= 15 is 0 Å². The smallest absolute Gasteiger partial charge is 0.0713 e. The maximum absolute atomic E-state index is 2.58. The molecular weight excluding hydrogens is 995 g/mol. The number of hydrogen-bond donors (Lipinski definition) is 0. The largest absolute Gasteiger partial charge is 0.309 e. The van der Waals surface area contributed by atoms with Crippen LogP contribution in [0.25, 0.3) is 86.6 Å². The molecule has 0 aliphatic heterocycles. The normalized spacial score (nSPS) is 12.9. The zero-order chi connectivity index (χ0) is 55.0. The molecule has 1 heterocycles. The molecular formula is C79H63NS. The summed E-state index contributed by atoms with van der Waals surface area (Å²) in [6, 6.07) is 103. The van der Waals surface area contributed by atoms with Crippen molar-refractivity contribution in [2.75, 3.05) is 4.90 Å². The quantitative estimate of drug-likeness (QED) is 0.139. The van der Waals surface area contributed by atoms with Crippen LogP contribution < -0.4 is 4.90 Å². The van der Waals surface area contributed by atoms with Gasteiger partial charge in [0.2, 0.25) is 0 Å². The fraction of sp³-hybridized carbons (Fsp3) is 0.114. The number of hydrogen-bond acceptors (Lipinski definition) is 2. The van der Waals surface area contributed by atoms with Crippen molar-refractivity contribution in [3.8, 4) is 55.6 Å². The molecule has 13 aromatic rings. The molecule has 0 saturated heterocycles. The molecule has 0 spiro atoms. The fourth-order valence-electron chi connectivity index (χ4n) is 13.1. The monoisotopic (exact) mass is 1060 g/mol. The highest BCUT2D eigenvalue weighted by atomic mass is 32.1. The molecule has 0 N–H and O–H groups in total. The predicted octanol–water partition coefficient (Wildman–Crippen LogP) is 22.3. The van der Waals surface area contributed by atoms with Gasteiger partial charge in [-0.15, -0.1) is 11.3 Å². The lowest BCUT2D eigenvalue weighted by Crippen LogP contribution is -2.28. The molecule has 1 aliphatic rings. The summed E-state index contributed by atoms with van der Waals surface area (Å²) in [5.41, 5.74) is 22.5. The van der Waals surface area contributed by atoms with Crippen molar-refractivity contribution in [2.24, 2.45) is 0 Å². The molecule has 12 aromatic carbocycles. The Bertz CT molecular complexity index is 4470. The van der Waals surface area contributed by atoms with Gasteiger partial charge in [-0.05, 0) is 119 Å². The summed E-state index contributed by atoms with van der Waals surface area (Å²) < 4.78 is 2.58. The Labute approximate surface area is 481 Å². The first-order chi connectivity index (χ1) is 39.5. The van der Waals surface area contributed by atoms with Gasteiger partial charge < -0.3 is 4.90 Å². The van der Waals surface area contributed by atoms with E-state index in [4.69, 9.17) is 0 Å². The van der Waals surface area contributed by atoms with Crippen LogP contribution in [0.3, 0.4) is 0 Å². The minimum Gasteiger partial charge on any atom is -0.309 e. The van der Waals surface area contributed by atoms with Crippen LogP contribution in [0.5, 0.6) is 0 Å². The van der Waals surface area contributed by atoms with Gasteiger partial charge >= 0.3 is 0 Å². The van der Waals surface area contributed by atoms with Gasteiger partial charge in [-0.3, -0.25) is 0 Å². The van der Waals surface area contributed by atoms with Crippen molar-refractivity contribution in [1.82, 2.24) is 0 Å². The molecule has 0 unspecified atom stereocenters. The van der Waals surface area contributed by atoms with Crippen molar-refractivity contribution in [1.29, 1.82) is 0 Å². The van der Waals surface area contributed by atoms with Crippen LogP contribution in [0.1, 0.15) is 74.9 Å². The summed E-state index contributed by atoms with van der Waals surface area (Å²) in [6.07, 6.45) is 0. The third-order valence-electron chi connectivity index (χ3n) is 17.1. The minimum atomic E-state index is -0.548. The van der Waals surface area contributed by atoms with Crippen LogP contribution in [0.2, 0.25) is 0 Å². The molecule has 81 heavy (non-hydrogen) atoms. The topological polar surface area (TPSA) is 3.24 Å². The van der Waals surface area contributed by atoms with Crippen LogP contribution in [-0.4, -0.2) is 0 Å². The van der Waals surface area contributed by atoms with Crippen LogP contribution in [0, 0.1) is 0 Å². The fourth-order valence-corrected chi connectivity index (χ4v) is 14.4. The van der Waals surface area contributed by atoms with E-state index in [0.717, 1.165) is 33.8 Å². The molecule has 0 amide bonds.